The number of hydrogen-bond donors (Lipinski definition) is 4. The number of nitrogens with zero attached hydrogens (tertiary/aromatic N) is 2. The van der Waals surface area contributed by atoms with Gasteiger partial charge in [-0.2, -0.15) is 4.36 Å². The van der Waals surface area contributed by atoms with E-state index in [9.17, 15) is 14.1 Å². The molecule has 1 heterocycles. The van der Waals surface area contributed by atoms with Gasteiger partial charge in [0.15, 0.2) is 16.6 Å². The number of methoxy groups -OCH3 is 1. The summed E-state index contributed by atoms with van der Waals surface area (Å²) in [7, 11) is -5.45. The number of carbonyl (C=O) groups is 2. The second-order valence-electron chi connectivity index (χ2n) is 16.3. The minimum absolute atomic E-state index is 0.0683. The second kappa shape index (κ2) is 18.1. The van der Waals surface area contributed by atoms with Gasteiger partial charge in [-0.1, -0.05) is 65.5 Å². The summed E-state index contributed by atoms with van der Waals surface area (Å²) in [6.45, 7) is 23.0. The van der Waals surface area contributed by atoms with E-state index in [2.05, 4.69) is 94.2 Å². The van der Waals surface area contributed by atoms with Crippen molar-refractivity contribution in [3.8, 4) is 17.6 Å². The zero-order valence-corrected chi connectivity index (χ0v) is 36.3. The van der Waals surface area contributed by atoms with E-state index >= 15 is 0 Å². The molecule has 4 N–H and O–H groups in total. The molecule has 290 valence electrons. The average Bonchev–Trinajstić information content (AvgIpc) is 3.07. The number of pyridine rings is 1. The van der Waals surface area contributed by atoms with Crippen LogP contribution < -0.4 is 15.8 Å². The molecule has 0 fully saturated rings. The Hall–Kier alpha value is -3.65. The highest BCUT2D eigenvalue weighted by Crippen LogP contribution is 2.37. The van der Waals surface area contributed by atoms with Crippen molar-refractivity contribution in [1.82, 2.24) is 4.98 Å². The van der Waals surface area contributed by atoms with E-state index in [-0.39, 0.29) is 27.4 Å². The Morgan fingerprint density at radius 2 is 1.45 bits per heavy atom. The van der Waals surface area contributed by atoms with E-state index in [0.717, 1.165) is 0 Å². The van der Waals surface area contributed by atoms with Crippen LogP contribution in [0.25, 0.3) is 0 Å². The van der Waals surface area contributed by atoms with Gasteiger partial charge < -0.3 is 29.2 Å². The molecule has 53 heavy (non-hydrogen) atoms. The van der Waals surface area contributed by atoms with Crippen LogP contribution in [0.2, 0.25) is 36.3 Å². The standard InChI is InChI=1S/C40H60N4O6SSi2/c1-39(2,3)52(8,9)49-22-14-24-51(47,25-15-23-50-53(10,11)40(4,5)6)44-38(46)33-27-31(36(41)42-29-33)21-20-30-16-12-18-34(26-30)43-37(45)32-17-13-19-35(28-32)48-7/h12-13,16-19,26-29,51H,14-15,22-25H2,1-11H3,(H2,41,42)(H,43,45)(H,44,46,47). The minimum Gasteiger partial charge on any atom is -0.497 e. The summed E-state index contributed by atoms with van der Waals surface area (Å²) < 4.78 is 34.3. The third kappa shape index (κ3) is 13.0. The Balaban J connectivity index is 1.81. The molecule has 0 radical (unpaired) electrons. The Morgan fingerprint density at radius 1 is 0.868 bits per heavy atom. The monoisotopic (exact) mass is 780 g/mol. The Kier molecular flexibility index (Phi) is 15.0. The molecule has 13 heteroatoms. The predicted molar refractivity (Wildman–Crippen MR) is 225 cm³/mol. The number of hydrogen-bond acceptors (Lipinski definition) is 7. The summed E-state index contributed by atoms with van der Waals surface area (Å²) in [6.07, 6.45) is 2.55. The van der Waals surface area contributed by atoms with E-state index in [1.54, 1.807) is 61.7 Å². The number of nitrogen functional groups attached to an aromatic ring is 1. The van der Waals surface area contributed by atoms with Crippen LogP contribution in [0.4, 0.5) is 11.5 Å². The normalized spacial score (nSPS) is 12.8. The first-order valence-electron chi connectivity index (χ1n) is 18.0. The third-order valence-electron chi connectivity index (χ3n) is 10.1. The van der Waals surface area contributed by atoms with Gasteiger partial charge in [-0.25, -0.2) is 4.98 Å². The fourth-order valence-electron chi connectivity index (χ4n) is 4.64. The lowest BCUT2D eigenvalue weighted by Gasteiger charge is -2.37. The minimum atomic E-state index is -3.06. The number of rotatable bonds is 14. The first kappa shape index (κ1) is 43.8. The molecule has 0 aliphatic rings. The molecule has 0 bridgehead atoms. The average molecular weight is 781 g/mol. The van der Waals surface area contributed by atoms with Crippen molar-refractivity contribution in [3.05, 3.63) is 83.0 Å². The van der Waals surface area contributed by atoms with Gasteiger partial charge in [0, 0.05) is 47.7 Å². The molecule has 0 spiro atoms. The number of nitrogens with two attached hydrogens (primary N) is 1. The van der Waals surface area contributed by atoms with Crippen molar-refractivity contribution in [2.75, 3.05) is 42.9 Å². The van der Waals surface area contributed by atoms with Crippen LogP contribution in [0.5, 0.6) is 5.75 Å². The summed E-state index contributed by atoms with van der Waals surface area (Å²) >= 11 is 0. The van der Waals surface area contributed by atoms with Gasteiger partial charge in [0.2, 0.25) is 0 Å². The number of thiol groups is 1. The van der Waals surface area contributed by atoms with E-state index in [1.165, 1.54) is 6.20 Å². The molecule has 2 aromatic carbocycles. The van der Waals surface area contributed by atoms with Crippen LogP contribution in [-0.4, -0.2) is 69.8 Å². The van der Waals surface area contributed by atoms with Crippen molar-refractivity contribution in [2.45, 2.75) is 90.6 Å². The smallest absolute Gasteiger partial charge is 0.284 e. The van der Waals surface area contributed by atoms with Crippen molar-refractivity contribution in [1.29, 1.82) is 0 Å². The Morgan fingerprint density at radius 3 is 2.02 bits per heavy atom. The maximum Gasteiger partial charge on any atom is 0.284 e. The predicted octanol–water partition coefficient (Wildman–Crippen LogP) is 8.83. The highest BCUT2D eigenvalue weighted by Gasteiger charge is 2.38. The van der Waals surface area contributed by atoms with E-state index in [4.69, 9.17) is 19.3 Å². The highest BCUT2D eigenvalue weighted by molar-refractivity contribution is 8.00. The second-order valence-corrected chi connectivity index (χ2v) is 28.8. The van der Waals surface area contributed by atoms with Crippen LogP contribution in [0.1, 0.15) is 86.2 Å². The Labute approximate surface area is 320 Å². The number of ether oxygens (including phenoxy) is 1. The molecule has 0 aliphatic heterocycles. The van der Waals surface area contributed by atoms with E-state index in [0.29, 0.717) is 65.7 Å². The van der Waals surface area contributed by atoms with Crippen LogP contribution >= 0.6 is 0 Å². The topological polar surface area (TPSA) is 145 Å². The molecular formula is C40H60N4O6SSi2. The Bertz CT molecular complexity index is 1830. The van der Waals surface area contributed by atoms with Gasteiger partial charge in [-0.05, 0) is 91.6 Å². The van der Waals surface area contributed by atoms with Crippen LogP contribution in [0.15, 0.2) is 65.2 Å². The molecule has 0 saturated heterocycles. The molecule has 3 aromatic rings. The van der Waals surface area contributed by atoms with Crippen LogP contribution in [-0.2, 0) is 19.0 Å². The largest absolute Gasteiger partial charge is 0.497 e. The molecule has 0 atom stereocenters. The van der Waals surface area contributed by atoms with Gasteiger partial charge in [0.05, 0.1) is 18.2 Å². The van der Waals surface area contributed by atoms with Crippen molar-refractivity contribution < 1.29 is 27.7 Å². The number of amides is 2. The van der Waals surface area contributed by atoms with Crippen molar-refractivity contribution in [3.63, 3.8) is 0 Å². The SMILES string of the molecule is COc1cccc(C(=O)Nc2cccc(C#Cc3cc(C(=O)N=[SH](O)(CCCO[Si](C)(C)C(C)(C)C)CCCO[Si](C)(C)C(C)(C)C)cnc3N)c2)c1. The first-order valence-corrected chi connectivity index (χ1v) is 25.9. The summed E-state index contributed by atoms with van der Waals surface area (Å²) in [5.41, 5.74) is 8.35. The van der Waals surface area contributed by atoms with Gasteiger partial charge >= 0.3 is 0 Å². The molecule has 10 nitrogen and oxygen atoms in total. The third-order valence-corrected chi connectivity index (χ3v) is 21.8. The number of anilines is 2. The summed E-state index contributed by atoms with van der Waals surface area (Å²) in [4.78, 5) is 30.7. The lowest BCUT2D eigenvalue weighted by atomic mass is 10.1. The zero-order valence-electron chi connectivity index (χ0n) is 33.4. The fraction of sp³-hybridized carbons (Fsp3) is 0.475. The van der Waals surface area contributed by atoms with Crippen molar-refractivity contribution in [2.24, 2.45) is 4.36 Å². The zero-order chi connectivity index (χ0) is 39.7. The number of nitrogens with one attached hydrogen (secondary N) is 1. The first-order chi connectivity index (χ1) is 24.6. The molecule has 1 aromatic heterocycles. The number of carbonyl (C=O) groups excluding carboxylic acids is 2. The molecule has 0 aliphatic carbocycles. The number of aromatic nitrogens is 1. The molecule has 2 amide bonds. The lowest BCUT2D eigenvalue weighted by Crippen LogP contribution is -2.41. The van der Waals surface area contributed by atoms with E-state index in [1.807, 2.05) is 0 Å². The summed E-state index contributed by atoms with van der Waals surface area (Å²) in [5.74, 6) is 6.70. The van der Waals surface area contributed by atoms with Crippen molar-refractivity contribution >= 4 is 50.1 Å². The van der Waals surface area contributed by atoms with Gasteiger partial charge in [0.1, 0.15) is 11.6 Å². The maximum absolute atomic E-state index is 13.6. The quantitative estimate of drug-likeness (QED) is 0.0550. The highest BCUT2D eigenvalue weighted by atomic mass is 32.3. The molecular weight excluding hydrogens is 721 g/mol. The van der Waals surface area contributed by atoms with Gasteiger partial charge in [0.25, 0.3) is 11.8 Å². The van der Waals surface area contributed by atoms with Crippen LogP contribution in [0, 0.1) is 11.8 Å². The number of benzene rings is 2. The molecule has 0 unspecified atom stereocenters. The van der Waals surface area contributed by atoms with Gasteiger partial charge in [-0.3, -0.25) is 9.59 Å². The summed E-state index contributed by atoms with van der Waals surface area (Å²) in [5, 5.41) is 3.02. The van der Waals surface area contributed by atoms with E-state index < -0.39 is 32.6 Å². The maximum atomic E-state index is 13.6. The van der Waals surface area contributed by atoms with Gasteiger partial charge in [-0.15, -0.1) is 10.1 Å². The molecule has 0 saturated carbocycles. The fourth-order valence-corrected chi connectivity index (χ4v) is 8.96. The molecule has 3 rings (SSSR count). The van der Waals surface area contributed by atoms with Crippen LogP contribution in [0.3, 0.4) is 0 Å². The summed E-state index contributed by atoms with van der Waals surface area (Å²) in [6, 6.07) is 15.5. The lowest BCUT2D eigenvalue weighted by molar-refractivity contribution is 0.100.